The highest BCUT2D eigenvalue weighted by Gasteiger charge is 2.48. The minimum Gasteiger partial charge on any atom is -0.460 e. The van der Waals surface area contributed by atoms with Gasteiger partial charge in [-0.25, -0.2) is 14.4 Å². The summed E-state index contributed by atoms with van der Waals surface area (Å²) >= 11 is 0. The topological polar surface area (TPSA) is 111 Å². The molecule has 3 aromatic carbocycles. The largest absolute Gasteiger partial charge is 0.460 e. The average molecular weight is 535 g/mol. The molecule has 0 bridgehead atoms. The van der Waals surface area contributed by atoms with Crippen molar-refractivity contribution in [2.24, 2.45) is 5.73 Å². The third-order valence-corrected chi connectivity index (χ3v) is 7.51. The molecule has 40 heavy (non-hydrogen) atoms. The molecule has 7 nitrogen and oxygen atoms in total. The van der Waals surface area contributed by atoms with Gasteiger partial charge in [0.05, 0.1) is 5.56 Å². The van der Waals surface area contributed by atoms with E-state index in [1.807, 2.05) is 38.1 Å². The number of fused-ring (bicyclic) bond motifs is 1. The standard InChI is InChI=1S/C32H27FN4O3/c1-18-14-19(2)24(30(39)37-32(10-11-32)31-35-12-3-13-36-31)17-23(18)21-6-9-26-25(16-21)28(29(34)38)27(40-26)15-20-4-7-22(33)8-5-20/h3-9,12-14,16-17H,10-11,15H2,1-2H3,(H2,34,38)(H,37,39). The Balaban J connectivity index is 1.36. The number of halogens is 1. The number of hydrogen-bond acceptors (Lipinski definition) is 5. The Morgan fingerprint density at radius 3 is 2.40 bits per heavy atom. The smallest absolute Gasteiger partial charge is 0.252 e. The summed E-state index contributed by atoms with van der Waals surface area (Å²) in [5.41, 5.74) is 10.9. The molecule has 0 saturated heterocycles. The number of nitrogens with zero attached hydrogens (tertiary/aromatic N) is 2. The van der Waals surface area contributed by atoms with E-state index in [1.165, 1.54) is 12.1 Å². The molecule has 3 N–H and O–H groups in total. The molecular formula is C32H27FN4O3. The lowest BCUT2D eigenvalue weighted by atomic mass is 9.93. The van der Waals surface area contributed by atoms with Crippen molar-refractivity contribution >= 4 is 22.8 Å². The van der Waals surface area contributed by atoms with Crippen molar-refractivity contribution in [3.8, 4) is 11.1 Å². The van der Waals surface area contributed by atoms with Gasteiger partial charge in [0.2, 0.25) is 0 Å². The zero-order chi connectivity index (χ0) is 28.0. The van der Waals surface area contributed by atoms with Gasteiger partial charge in [0, 0.05) is 29.8 Å². The monoisotopic (exact) mass is 534 g/mol. The number of nitrogens with two attached hydrogens (primary N) is 1. The normalized spacial score (nSPS) is 13.8. The lowest BCUT2D eigenvalue weighted by molar-refractivity contribution is 0.0927. The second kappa shape index (κ2) is 9.72. The molecule has 2 aromatic heterocycles. The molecule has 1 saturated carbocycles. The van der Waals surface area contributed by atoms with Crippen molar-refractivity contribution in [1.82, 2.24) is 15.3 Å². The maximum Gasteiger partial charge on any atom is 0.252 e. The van der Waals surface area contributed by atoms with Gasteiger partial charge < -0.3 is 15.5 Å². The van der Waals surface area contributed by atoms with E-state index in [4.69, 9.17) is 10.2 Å². The Kier molecular flexibility index (Phi) is 6.18. The molecule has 5 aromatic rings. The summed E-state index contributed by atoms with van der Waals surface area (Å²) in [7, 11) is 0. The molecule has 1 aliphatic carbocycles. The SMILES string of the molecule is Cc1cc(C)c(-c2ccc3oc(Cc4ccc(F)cc4)c(C(N)=O)c3c2)cc1C(=O)NC1(c2ncccn2)CC1. The van der Waals surface area contributed by atoms with E-state index in [0.717, 1.165) is 40.7 Å². The quantitative estimate of drug-likeness (QED) is 0.276. The Hall–Kier alpha value is -4.85. The van der Waals surface area contributed by atoms with Crippen LogP contribution in [0.4, 0.5) is 4.39 Å². The first kappa shape index (κ1) is 25.4. The predicted octanol–water partition coefficient (Wildman–Crippen LogP) is 5.75. The summed E-state index contributed by atoms with van der Waals surface area (Å²) in [6, 6.07) is 17.2. The van der Waals surface area contributed by atoms with Gasteiger partial charge in [0.1, 0.15) is 22.7 Å². The molecule has 0 spiro atoms. The molecular weight excluding hydrogens is 507 g/mol. The Morgan fingerprint density at radius 1 is 1.00 bits per heavy atom. The summed E-state index contributed by atoms with van der Waals surface area (Å²) < 4.78 is 19.4. The number of rotatable bonds is 7. The van der Waals surface area contributed by atoms with Crippen LogP contribution in [0.2, 0.25) is 0 Å². The number of aromatic nitrogens is 2. The zero-order valence-corrected chi connectivity index (χ0v) is 22.1. The molecule has 0 radical (unpaired) electrons. The lowest BCUT2D eigenvalue weighted by Gasteiger charge is -2.18. The van der Waals surface area contributed by atoms with Crippen LogP contribution in [0.15, 0.2) is 77.5 Å². The van der Waals surface area contributed by atoms with Crippen LogP contribution in [0.3, 0.4) is 0 Å². The molecule has 2 heterocycles. The van der Waals surface area contributed by atoms with E-state index >= 15 is 0 Å². The Morgan fingerprint density at radius 2 is 1.73 bits per heavy atom. The highest BCUT2D eigenvalue weighted by atomic mass is 19.1. The summed E-state index contributed by atoms with van der Waals surface area (Å²) in [4.78, 5) is 34.7. The third-order valence-electron chi connectivity index (χ3n) is 7.51. The van der Waals surface area contributed by atoms with Gasteiger partial charge in [-0.15, -0.1) is 0 Å². The molecule has 6 rings (SSSR count). The van der Waals surface area contributed by atoms with Crippen LogP contribution in [0.1, 0.15) is 61.8 Å². The second-order valence-electron chi connectivity index (χ2n) is 10.4. The number of carbonyl (C=O) groups is 2. The maximum absolute atomic E-state index is 13.5. The number of nitrogens with one attached hydrogen (secondary N) is 1. The van der Waals surface area contributed by atoms with Crippen LogP contribution in [0.25, 0.3) is 22.1 Å². The maximum atomic E-state index is 13.5. The summed E-state index contributed by atoms with van der Waals surface area (Å²) in [6.45, 7) is 3.90. The summed E-state index contributed by atoms with van der Waals surface area (Å²) in [5.74, 6) is -0.0894. The van der Waals surface area contributed by atoms with Gasteiger partial charge in [-0.3, -0.25) is 9.59 Å². The van der Waals surface area contributed by atoms with Crippen LogP contribution < -0.4 is 11.1 Å². The van der Waals surface area contributed by atoms with Crippen LogP contribution >= 0.6 is 0 Å². The minimum absolute atomic E-state index is 0.187. The molecule has 200 valence electrons. The number of hydrogen-bond donors (Lipinski definition) is 2. The van der Waals surface area contributed by atoms with E-state index in [-0.39, 0.29) is 11.7 Å². The van der Waals surface area contributed by atoms with Crippen LogP contribution in [-0.4, -0.2) is 21.8 Å². The van der Waals surface area contributed by atoms with Crippen molar-refractivity contribution in [1.29, 1.82) is 0 Å². The second-order valence-corrected chi connectivity index (χ2v) is 10.4. The predicted molar refractivity (Wildman–Crippen MR) is 149 cm³/mol. The zero-order valence-electron chi connectivity index (χ0n) is 22.1. The minimum atomic E-state index is -0.605. The fraction of sp³-hybridized carbons (Fsp3) is 0.188. The Bertz CT molecular complexity index is 1770. The molecule has 1 fully saturated rings. The fourth-order valence-electron chi connectivity index (χ4n) is 5.27. The van der Waals surface area contributed by atoms with Crippen molar-refractivity contribution < 1.29 is 18.4 Å². The van der Waals surface area contributed by atoms with Gasteiger partial charge in [-0.1, -0.05) is 24.3 Å². The van der Waals surface area contributed by atoms with Crippen molar-refractivity contribution in [3.05, 3.63) is 118 Å². The molecule has 0 aliphatic heterocycles. The molecule has 2 amide bonds. The van der Waals surface area contributed by atoms with Gasteiger partial charge in [0.15, 0.2) is 5.82 Å². The van der Waals surface area contributed by atoms with E-state index in [9.17, 15) is 14.0 Å². The van der Waals surface area contributed by atoms with E-state index in [2.05, 4.69) is 15.3 Å². The third kappa shape index (κ3) is 4.62. The van der Waals surface area contributed by atoms with E-state index < -0.39 is 11.4 Å². The molecule has 1 aliphatic rings. The number of amides is 2. The van der Waals surface area contributed by atoms with Gasteiger partial charge in [0.25, 0.3) is 11.8 Å². The molecule has 0 unspecified atom stereocenters. The number of benzene rings is 3. The van der Waals surface area contributed by atoms with Gasteiger partial charge in [-0.2, -0.15) is 0 Å². The highest BCUT2D eigenvalue weighted by Crippen LogP contribution is 2.44. The number of carbonyl (C=O) groups excluding carboxylic acids is 2. The number of aryl methyl sites for hydroxylation is 2. The summed E-state index contributed by atoms with van der Waals surface area (Å²) in [6.07, 6.45) is 5.23. The van der Waals surface area contributed by atoms with Crippen LogP contribution in [-0.2, 0) is 12.0 Å². The number of primary amides is 1. The lowest BCUT2D eigenvalue weighted by Crippen LogP contribution is -2.36. The number of furan rings is 1. The first-order valence-corrected chi connectivity index (χ1v) is 13.1. The van der Waals surface area contributed by atoms with Crippen molar-refractivity contribution in [2.75, 3.05) is 0 Å². The first-order chi connectivity index (χ1) is 19.2. The molecule has 8 heteroatoms. The Labute approximate surface area is 230 Å². The average Bonchev–Trinajstić information content (AvgIpc) is 3.62. The van der Waals surface area contributed by atoms with Crippen molar-refractivity contribution in [2.45, 2.75) is 38.6 Å². The summed E-state index contributed by atoms with van der Waals surface area (Å²) in [5, 5.41) is 3.75. The highest BCUT2D eigenvalue weighted by molar-refractivity contribution is 6.07. The van der Waals surface area contributed by atoms with E-state index in [0.29, 0.717) is 40.1 Å². The van der Waals surface area contributed by atoms with Gasteiger partial charge >= 0.3 is 0 Å². The van der Waals surface area contributed by atoms with Crippen LogP contribution in [0.5, 0.6) is 0 Å². The van der Waals surface area contributed by atoms with Gasteiger partial charge in [-0.05, 0) is 90.9 Å². The molecule has 0 atom stereocenters. The van der Waals surface area contributed by atoms with Crippen molar-refractivity contribution in [3.63, 3.8) is 0 Å². The van der Waals surface area contributed by atoms with E-state index in [1.54, 1.807) is 36.7 Å². The first-order valence-electron chi connectivity index (χ1n) is 13.1. The van der Waals surface area contributed by atoms with Crippen LogP contribution in [0, 0.1) is 19.7 Å². The fourth-order valence-corrected chi connectivity index (χ4v) is 5.27.